The lowest BCUT2D eigenvalue weighted by Crippen LogP contribution is -2.25. The molecule has 2 aromatic carbocycles. The molecule has 6 nitrogen and oxygen atoms in total. The summed E-state index contributed by atoms with van der Waals surface area (Å²) in [6, 6.07) is 18.0. The van der Waals surface area contributed by atoms with Crippen molar-refractivity contribution in [2.24, 2.45) is 0 Å². The first-order chi connectivity index (χ1) is 14.2. The summed E-state index contributed by atoms with van der Waals surface area (Å²) in [4.78, 5) is 29.0. The molecular formula is C23H23N3O3. The van der Waals surface area contributed by atoms with Crippen molar-refractivity contribution in [1.29, 1.82) is 0 Å². The zero-order valence-corrected chi connectivity index (χ0v) is 16.2. The molecule has 0 aliphatic rings. The lowest BCUT2D eigenvalue weighted by molar-refractivity contribution is 0.0953. The first-order valence-corrected chi connectivity index (χ1v) is 9.54. The smallest absolute Gasteiger partial charge is 0.257 e. The van der Waals surface area contributed by atoms with E-state index in [4.69, 9.17) is 4.74 Å². The number of pyridine rings is 1. The number of amides is 2. The molecule has 0 fully saturated rings. The quantitative estimate of drug-likeness (QED) is 0.549. The number of unbranched alkanes of at least 4 members (excludes halogenated alkanes) is 1. The van der Waals surface area contributed by atoms with Crippen LogP contribution in [-0.4, -0.2) is 23.3 Å². The van der Waals surface area contributed by atoms with E-state index in [2.05, 4.69) is 22.5 Å². The molecule has 1 heterocycles. The summed E-state index contributed by atoms with van der Waals surface area (Å²) in [6.07, 6.45) is 4.77. The molecule has 3 rings (SSSR count). The van der Waals surface area contributed by atoms with E-state index in [0.29, 0.717) is 34.9 Å². The number of ether oxygens (including phenoxy) is 1. The molecule has 0 aliphatic heterocycles. The van der Waals surface area contributed by atoms with Gasteiger partial charge in [-0.3, -0.25) is 14.6 Å². The fourth-order valence-electron chi connectivity index (χ4n) is 2.64. The molecule has 0 saturated carbocycles. The molecule has 6 heteroatoms. The van der Waals surface area contributed by atoms with Crippen LogP contribution in [0.25, 0.3) is 0 Å². The number of hydrogen-bond donors (Lipinski definition) is 2. The fourth-order valence-corrected chi connectivity index (χ4v) is 2.64. The van der Waals surface area contributed by atoms with E-state index in [-0.39, 0.29) is 11.8 Å². The van der Waals surface area contributed by atoms with Gasteiger partial charge in [-0.25, -0.2) is 0 Å². The van der Waals surface area contributed by atoms with Crippen molar-refractivity contribution < 1.29 is 14.3 Å². The highest BCUT2D eigenvalue weighted by molar-refractivity contribution is 6.06. The number of carbonyl (C=O) groups is 2. The lowest BCUT2D eigenvalue weighted by atomic mass is 10.1. The van der Waals surface area contributed by atoms with Crippen LogP contribution in [0.1, 0.15) is 40.5 Å². The van der Waals surface area contributed by atoms with Crippen LogP contribution in [0.15, 0.2) is 73.1 Å². The predicted octanol–water partition coefficient (Wildman–Crippen LogP) is 4.66. The van der Waals surface area contributed by atoms with Gasteiger partial charge in [-0.15, -0.1) is 0 Å². The van der Waals surface area contributed by atoms with Crippen molar-refractivity contribution in [1.82, 2.24) is 10.3 Å². The summed E-state index contributed by atoms with van der Waals surface area (Å²) in [7, 11) is 0. The molecule has 0 unspecified atom stereocenters. The minimum atomic E-state index is -0.371. The second kappa shape index (κ2) is 10.0. The third kappa shape index (κ3) is 5.65. The van der Waals surface area contributed by atoms with Crippen LogP contribution in [0.4, 0.5) is 5.69 Å². The van der Waals surface area contributed by atoms with E-state index in [1.807, 2.05) is 42.5 Å². The van der Waals surface area contributed by atoms with Gasteiger partial charge in [-0.1, -0.05) is 43.7 Å². The summed E-state index contributed by atoms with van der Waals surface area (Å²) in [5.41, 5.74) is 1.17. The lowest BCUT2D eigenvalue weighted by Gasteiger charge is -2.12. The molecule has 0 atom stereocenters. The Morgan fingerprint density at radius 3 is 2.38 bits per heavy atom. The normalized spacial score (nSPS) is 10.2. The van der Waals surface area contributed by atoms with E-state index < -0.39 is 0 Å². The van der Waals surface area contributed by atoms with Gasteiger partial charge in [0.15, 0.2) is 5.75 Å². The van der Waals surface area contributed by atoms with Crippen LogP contribution in [-0.2, 0) is 0 Å². The number of carbonyl (C=O) groups excluding carboxylic acids is 2. The number of nitrogens with one attached hydrogen (secondary N) is 2. The average Bonchev–Trinajstić information content (AvgIpc) is 2.76. The monoisotopic (exact) mass is 389 g/mol. The predicted molar refractivity (Wildman–Crippen MR) is 112 cm³/mol. The van der Waals surface area contributed by atoms with Crippen LogP contribution in [0.3, 0.4) is 0 Å². The number of para-hydroxylation sites is 3. The number of aromatic nitrogens is 1. The van der Waals surface area contributed by atoms with Crippen molar-refractivity contribution in [3.05, 3.63) is 84.2 Å². The third-order valence-electron chi connectivity index (χ3n) is 4.18. The molecule has 0 bridgehead atoms. The molecule has 2 amide bonds. The van der Waals surface area contributed by atoms with E-state index >= 15 is 0 Å². The van der Waals surface area contributed by atoms with Crippen molar-refractivity contribution in [2.45, 2.75) is 19.8 Å². The SMILES string of the molecule is CCCCNC(=O)c1cncc(C(=O)Nc2ccccc2Oc2ccccc2)c1. The number of anilines is 1. The van der Waals surface area contributed by atoms with Crippen LogP contribution >= 0.6 is 0 Å². The second-order valence-electron chi connectivity index (χ2n) is 6.44. The van der Waals surface area contributed by atoms with Crippen LogP contribution in [0.2, 0.25) is 0 Å². The Bertz CT molecular complexity index is 974. The highest BCUT2D eigenvalue weighted by Crippen LogP contribution is 2.29. The van der Waals surface area contributed by atoms with Gasteiger partial charge in [0.2, 0.25) is 0 Å². The van der Waals surface area contributed by atoms with Crippen molar-refractivity contribution >= 4 is 17.5 Å². The number of benzene rings is 2. The highest BCUT2D eigenvalue weighted by atomic mass is 16.5. The van der Waals surface area contributed by atoms with E-state index in [0.717, 1.165) is 12.8 Å². The molecule has 3 aromatic rings. The molecule has 2 N–H and O–H groups in total. The first kappa shape index (κ1) is 20.1. The summed E-state index contributed by atoms with van der Waals surface area (Å²) in [6.45, 7) is 2.65. The zero-order chi connectivity index (χ0) is 20.5. The standard InChI is InChI=1S/C23H23N3O3/c1-2-3-13-25-22(27)17-14-18(16-24-15-17)23(28)26-20-11-7-8-12-21(20)29-19-9-5-4-6-10-19/h4-12,14-16H,2-3,13H2,1H3,(H,25,27)(H,26,28). The molecule has 0 radical (unpaired) electrons. The van der Waals surface area contributed by atoms with Crippen molar-refractivity contribution in [3.8, 4) is 11.5 Å². The van der Waals surface area contributed by atoms with Crippen LogP contribution in [0.5, 0.6) is 11.5 Å². The Kier molecular flexibility index (Phi) is 6.95. The minimum Gasteiger partial charge on any atom is -0.455 e. The van der Waals surface area contributed by atoms with Crippen LogP contribution in [0, 0.1) is 0 Å². The Hall–Kier alpha value is -3.67. The summed E-state index contributed by atoms with van der Waals surface area (Å²) in [5, 5.41) is 5.65. The molecule has 148 valence electrons. The number of nitrogens with zero attached hydrogens (tertiary/aromatic N) is 1. The average molecular weight is 389 g/mol. The number of rotatable bonds is 8. The Balaban J connectivity index is 1.72. The van der Waals surface area contributed by atoms with Crippen molar-refractivity contribution in [2.75, 3.05) is 11.9 Å². The molecule has 0 spiro atoms. The maximum absolute atomic E-state index is 12.7. The van der Waals surface area contributed by atoms with Gasteiger partial charge in [0.05, 0.1) is 16.8 Å². The summed E-state index contributed by atoms with van der Waals surface area (Å²) < 4.78 is 5.87. The van der Waals surface area contributed by atoms with Crippen molar-refractivity contribution in [3.63, 3.8) is 0 Å². The summed E-state index contributed by atoms with van der Waals surface area (Å²) in [5.74, 6) is 0.577. The van der Waals surface area contributed by atoms with Crippen LogP contribution < -0.4 is 15.4 Å². The van der Waals surface area contributed by atoms with Gasteiger partial charge in [-0.05, 0) is 36.8 Å². The molecule has 0 aliphatic carbocycles. The molecular weight excluding hydrogens is 366 g/mol. The third-order valence-corrected chi connectivity index (χ3v) is 4.18. The van der Waals surface area contributed by atoms with E-state index in [1.165, 1.54) is 18.5 Å². The van der Waals surface area contributed by atoms with Gasteiger partial charge >= 0.3 is 0 Å². The Labute approximate surface area is 169 Å². The largest absolute Gasteiger partial charge is 0.455 e. The second-order valence-corrected chi connectivity index (χ2v) is 6.44. The molecule has 29 heavy (non-hydrogen) atoms. The minimum absolute atomic E-state index is 0.242. The van der Waals surface area contributed by atoms with Gasteiger partial charge in [0, 0.05) is 18.9 Å². The van der Waals surface area contributed by atoms with Gasteiger partial charge < -0.3 is 15.4 Å². The molecule has 1 aromatic heterocycles. The first-order valence-electron chi connectivity index (χ1n) is 9.54. The van der Waals surface area contributed by atoms with Gasteiger partial charge in [0.1, 0.15) is 5.75 Å². The Morgan fingerprint density at radius 1 is 0.931 bits per heavy atom. The van der Waals surface area contributed by atoms with E-state index in [1.54, 1.807) is 12.1 Å². The summed E-state index contributed by atoms with van der Waals surface area (Å²) >= 11 is 0. The Morgan fingerprint density at radius 2 is 1.62 bits per heavy atom. The number of hydrogen-bond acceptors (Lipinski definition) is 4. The molecule has 0 saturated heterocycles. The topological polar surface area (TPSA) is 80.3 Å². The zero-order valence-electron chi connectivity index (χ0n) is 16.2. The van der Waals surface area contributed by atoms with Gasteiger partial charge in [-0.2, -0.15) is 0 Å². The maximum Gasteiger partial charge on any atom is 0.257 e. The maximum atomic E-state index is 12.7. The highest BCUT2D eigenvalue weighted by Gasteiger charge is 2.13. The fraction of sp³-hybridized carbons (Fsp3) is 0.174. The van der Waals surface area contributed by atoms with Gasteiger partial charge in [0.25, 0.3) is 11.8 Å². The van der Waals surface area contributed by atoms with E-state index in [9.17, 15) is 9.59 Å².